The average molecular weight is 623 g/mol. The Kier molecular flexibility index (Phi) is 6.25. The molecule has 1 aromatic heterocycles. The molecule has 1 heterocycles. The zero-order valence-corrected chi connectivity index (χ0v) is 26.7. The molecule has 0 bridgehead atoms. The van der Waals surface area contributed by atoms with Crippen molar-refractivity contribution in [3.05, 3.63) is 182 Å². The Balaban J connectivity index is 1.21. The molecular weight excluding hydrogens is 593 g/mol. The predicted molar refractivity (Wildman–Crippen MR) is 208 cm³/mol. The van der Waals surface area contributed by atoms with Crippen LogP contribution in [0.4, 0.5) is 0 Å². The number of hydrogen-bond acceptors (Lipinski definition) is 1. The van der Waals surface area contributed by atoms with Gasteiger partial charge in [-0.1, -0.05) is 152 Å². The van der Waals surface area contributed by atoms with Crippen molar-refractivity contribution in [3.8, 4) is 44.5 Å². The van der Waals surface area contributed by atoms with Gasteiger partial charge < -0.3 is 4.42 Å². The summed E-state index contributed by atoms with van der Waals surface area (Å²) in [7, 11) is 0. The van der Waals surface area contributed by atoms with Gasteiger partial charge in [0.15, 0.2) is 0 Å². The van der Waals surface area contributed by atoms with Crippen molar-refractivity contribution in [2.75, 3.05) is 0 Å². The van der Waals surface area contributed by atoms with Crippen LogP contribution in [0, 0.1) is 0 Å². The summed E-state index contributed by atoms with van der Waals surface area (Å²) in [5, 5.41) is 9.74. The fourth-order valence-electron chi connectivity index (χ4n) is 7.78. The molecule has 0 N–H and O–H groups in total. The molecule has 0 aliphatic carbocycles. The molecule has 0 fully saturated rings. The van der Waals surface area contributed by atoms with E-state index in [0.717, 1.165) is 21.9 Å². The molecule has 1 nitrogen and oxygen atoms in total. The van der Waals surface area contributed by atoms with Crippen LogP contribution in [0.1, 0.15) is 0 Å². The molecule has 0 radical (unpaired) electrons. The van der Waals surface area contributed by atoms with Crippen LogP contribution in [0.3, 0.4) is 0 Å². The maximum Gasteiger partial charge on any atom is 0.135 e. The van der Waals surface area contributed by atoms with Crippen molar-refractivity contribution in [1.82, 2.24) is 0 Å². The first-order valence-corrected chi connectivity index (χ1v) is 16.8. The predicted octanol–water partition coefficient (Wildman–Crippen LogP) is 13.7. The molecule has 228 valence electrons. The van der Waals surface area contributed by atoms with E-state index >= 15 is 0 Å². The van der Waals surface area contributed by atoms with E-state index in [4.69, 9.17) is 4.42 Å². The number of rotatable bonds is 4. The third-order valence-corrected chi connectivity index (χ3v) is 10.1. The fourth-order valence-corrected chi connectivity index (χ4v) is 7.78. The SMILES string of the molecule is c1ccc(-c2ccc3c(-c4c5ccccc5c(-c5ccc6oc7ccc(-c8ccccc8)cc7c6c5)c5ccccc45)cccc3c2)cc1. The van der Waals surface area contributed by atoms with E-state index in [1.54, 1.807) is 0 Å². The van der Waals surface area contributed by atoms with Gasteiger partial charge in [0.1, 0.15) is 11.2 Å². The first-order chi connectivity index (χ1) is 24.3. The van der Waals surface area contributed by atoms with E-state index in [9.17, 15) is 0 Å². The quantitative estimate of drug-likeness (QED) is 0.178. The molecule has 0 saturated carbocycles. The Morgan fingerprint density at radius 3 is 1.37 bits per heavy atom. The van der Waals surface area contributed by atoms with Crippen LogP contribution in [0.5, 0.6) is 0 Å². The minimum Gasteiger partial charge on any atom is -0.456 e. The van der Waals surface area contributed by atoms with Gasteiger partial charge in [0.25, 0.3) is 0 Å². The summed E-state index contributed by atoms with van der Waals surface area (Å²) in [6.07, 6.45) is 0. The molecule has 1 heteroatoms. The van der Waals surface area contributed by atoms with Crippen molar-refractivity contribution in [3.63, 3.8) is 0 Å². The number of hydrogen-bond donors (Lipinski definition) is 0. The molecule has 0 aliphatic heterocycles. The van der Waals surface area contributed by atoms with Gasteiger partial charge in [-0.3, -0.25) is 0 Å². The molecule has 0 amide bonds. The number of furan rings is 1. The van der Waals surface area contributed by atoms with Crippen molar-refractivity contribution in [2.45, 2.75) is 0 Å². The molecule has 0 atom stereocenters. The summed E-state index contributed by atoms with van der Waals surface area (Å²) in [6, 6.07) is 65.8. The average Bonchev–Trinajstić information content (AvgIpc) is 3.54. The minimum atomic E-state index is 0.903. The van der Waals surface area contributed by atoms with Crippen LogP contribution in [0.25, 0.3) is 98.8 Å². The topological polar surface area (TPSA) is 13.1 Å². The molecule has 10 rings (SSSR count). The van der Waals surface area contributed by atoms with E-state index in [0.29, 0.717) is 0 Å². The largest absolute Gasteiger partial charge is 0.456 e. The fraction of sp³-hybridized carbons (Fsp3) is 0. The molecule has 0 saturated heterocycles. The van der Waals surface area contributed by atoms with Gasteiger partial charge in [-0.2, -0.15) is 0 Å². The van der Waals surface area contributed by atoms with E-state index in [1.165, 1.54) is 76.8 Å². The highest BCUT2D eigenvalue weighted by Crippen LogP contribution is 2.46. The maximum atomic E-state index is 6.36. The second-order valence-corrected chi connectivity index (χ2v) is 12.8. The number of fused-ring (bicyclic) bond motifs is 6. The molecule has 10 aromatic rings. The lowest BCUT2D eigenvalue weighted by Crippen LogP contribution is -1.91. The lowest BCUT2D eigenvalue weighted by atomic mass is 9.84. The molecule has 49 heavy (non-hydrogen) atoms. The Hall–Kier alpha value is -6.44. The van der Waals surface area contributed by atoms with E-state index in [2.05, 4.69) is 182 Å². The smallest absolute Gasteiger partial charge is 0.135 e. The zero-order chi connectivity index (χ0) is 32.3. The number of benzene rings is 9. The van der Waals surface area contributed by atoms with Gasteiger partial charge in [0.05, 0.1) is 0 Å². The molecule has 0 unspecified atom stereocenters. The molecule has 0 aliphatic rings. The summed E-state index contributed by atoms with van der Waals surface area (Å²) < 4.78 is 6.36. The van der Waals surface area contributed by atoms with Gasteiger partial charge in [-0.15, -0.1) is 0 Å². The third-order valence-electron chi connectivity index (χ3n) is 10.1. The summed E-state index contributed by atoms with van der Waals surface area (Å²) in [5.41, 5.74) is 11.6. The van der Waals surface area contributed by atoms with Crippen LogP contribution >= 0.6 is 0 Å². The van der Waals surface area contributed by atoms with Gasteiger partial charge in [-0.05, 0) is 107 Å². The highest BCUT2D eigenvalue weighted by Gasteiger charge is 2.19. The van der Waals surface area contributed by atoms with Crippen LogP contribution in [0.15, 0.2) is 186 Å². The van der Waals surface area contributed by atoms with Crippen molar-refractivity contribution in [2.24, 2.45) is 0 Å². The lowest BCUT2D eigenvalue weighted by molar-refractivity contribution is 0.669. The Morgan fingerprint density at radius 2 is 0.755 bits per heavy atom. The normalized spacial score (nSPS) is 11.7. The second-order valence-electron chi connectivity index (χ2n) is 12.8. The van der Waals surface area contributed by atoms with E-state index in [-0.39, 0.29) is 0 Å². The van der Waals surface area contributed by atoms with Crippen molar-refractivity contribution >= 4 is 54.3 Å². The zero-order valence-electron chi connectivity index (χ0n) is 26.7. The van der Waals surface area contributed by atoms with Crippen LogP contribution in [-0.4, -0.2) is 0 Å². The first-order valence-electron chi connectivity index (χ1n) is 16.8. The summed E-state index contributed by atoms with van der Waals surface area (Å²) in [5.74, 6) is 0. The van der Waals surface area contributed by atoms with Crippen molar-refractivity contribution < 1.29 is 4.42 Å². The van der Waals surface area contributed by atoms with Gasteiger partial charge >= 0.3 is 0 Å². The van der Waals surface area contributed by atoms with Gasteiger partial charge in [-0.25, -0.2) is 0 Å². The maximum absolute atomic E-state index is 6.36. The highest BCUT2D eigenvalue weighted by atomic mass is 16.3. The highest BCUT2D eigenvalue weighted by molar-refractivity contribution is 6.24. The Labute approximate surface area is 284 Å². The lowest BCUT2D eigenvalue weighted by Gasteiger charge is -2.19. The van der Waals surface area contributed by atoms with Crippen LogP contribution < -0.4 is 0 Å². The Bertz CT molecular complexity index is 2800. The first kappa shape index (κ1) is 27.7. The Morgan fingerprint density at radius 1 is 0.265 bits per heavy atom. The summed E-state index contributed by atoms with van der Waals surface area (Å²) in [4.78, 5) is 0. The molecule has 0 spiro atoms. The van der Waals surface area contributed by atoms with Crippen molar-refractivity contribution in [1.29, 1.82) is 0 Å². The van der Waals surface area contributed by atoms with Gasteiger partial charge in [0.2, 0.25) is 0 Å². The minimum absolute atomic E-state index is 0.903. The molecular formula is C48H30O. The summed E-state index contributed by atoms with van der Waals surface area (Å²) in [6.45, 7) is 0. The second kappa shape index (κ2) is 11.1. The van der Waals surface area contributed by atoms with E-state index in [1.807, 2.05) is 0 Å². The summed E-state index contributed by atoms with van der Waals surface area (Å²) >= 11 is 0. The monoisotopic (exact) mass is 622 g/mol. The molecule has 9 aromatic carbocycles. The van der Waals surface area contributed by atoms with Crippen LogP contribution in [0.2, 0.25) is 0 Å². The third kappa shape index (κ3) is 4.47. The standard InChI is InChI=1S/C48H30O/c1-3-12-31(13-4-1)33-22-25-37-35(28-33)16-11-21-38(37)48-41-19-9-7-17-39(41)47(40-18-8-10-20-42(40)48)36-24-27-46-44(30-36)43-29-34(23-26-45(43)49-46)32-14-5-2-6-15-32/h1-30H. The van der Waals surface area contributed by atoms with Crippen LogP contribution in [-0.2, 0) is 0 Å². The van der Waals surface area contributed by atoms with E-state index < -0.39 is 0 Å². The van der Waals surface area contributed by atoms with Gasteiger partial charge in [0, 0.05) is 10.8 Å².